The van der Waals surface area contributed by atoms with E-state index in [1.54, 1.807) is 0 Å². The number of unbranched alkanes of at least 4 members (excludes halogenated alkanes) is 11. The van der Waals surface area contributed by atoms with Crippen LogP contribution in [-0.2, 0) is 0 Å². The molecule has 0 aromatic heterocycles. The Bertz CT molecular complexity index is 234. The van der Waals surface area contributed by atoms with Gasteiger partial charge in [-0.1, -0.05) is 84.5 Å². The van der Waals surface area contributed by atoms with Crippen LogP contribution in [0.1, 0.15) is 117 Å². The molecule has 1 atom stereocenters. The smallest absolute Gasteiger partial charge is 0.0886 e. The third-order valence-corrected chi connectivity index (χ3v) is 5.84. The highest BCUT2D eigenvalue weighted by Crippen LogP contribution is 2.21. The normalized spacial score (nSPS) is 13.4. The third kappa shape index (κ3) is 13.0. The molecule has 0 aliphatic carbocycles. The summed E-state index contributed by atoms with van der Waals surface area (Å²) in [5, 5.41) is 0. The maximum Gasteiger partial charge on any atom is 0.0886 e. The van der Waals surface area contributed by atoms with Crippen LogP contribution in [0.15, 0.2) is 0 Å². The van der Waals surface area contributed by atoms with Crippen molar-refractivity contribution in [2.75, 3.05) is 20.6 Å². The number of hydrogen-bond acceptors (Lipinski definition) is 0. The van der Waals surface area contributed by atoms with Crippen LogP contribution in [-0.4, -0.2) is 31.2 Å². The Morgan fingerprint density at radius 1 is 0.522 bits per heavy atom. The van der Waals surface area contributed by atoms with Crippen molar-refractivity contribution in [1.29, 1.82) is 0 Å². The molecule has 0 saturated heterocycles. The van der Waals surface area contributed by atoms with Crippen LogP contribution in [0.4, 0.5) is 0 Å². The minimum Gasteiger partial charge on any atom is -0.326 e. The molecule has 140 valence electrons. The standard InChI is InChI=1S/C22H48N/c1-6-9-11-13-15-17-19-21-22(23(4,5)8-3)20-18-16-14-12-10-7-2/h22H,6-21H2,1-5H3/q+1. The molecule has 0 heterocycles. The van der Waals surface area contributed by atoms with Gasteiger partial charge >= 0.3 is 0 Å². The van der Waals surface area contributed by atoms with Crippen molar-refractivity contribution in [3.05, 3.63) is 0 Å². The first-order valence-electron chi connectivity index (χ1n) is 10.9. The molecule has 0 radical (unpaired) electrons. The van der Waals surface area contributed by atoms with Crippen molar-refractivity contribution in [3.63, 3.8) is 0 Å². The van der Waals surface area contributed by atoms with E-state index in [2.05, 4.69) is 34.9 Å². The van der Waals surface area contributed by atoms with E-state index in [4.69, 9.17) is 0 Å². The molecule has 0 aromatic rings. The lowest BCUT2D eigenvalue weighted by atomic mass is 9.97. The SMILES string of the molecule is CCCCCCCCCC(CCCCCCCC)[N+](C)(C)CC. The fraction of sp³-hybridized carbons (Fsp3) is 1.00. The maximum atomic E-state index is 2.45. The zero-order valence-electron chi connectivity index (χ0n) is 17.3. The number of nitrogens with zero attached hydrogens (tertiary/aromatic N) is 1. The average molecular weight is 327 g/mol. The van der Waals surface area contributed by atoms with Gasteiger partial charge in [0.15, 0.2) is 0 Å². The van der Waals surface area contributed by atoms with Crippen LogP contribution in [0.5, 0.6) is 0 Å². The molecule has 0 spiro atoms. The lowest BCUT2D eigenvalue weighted by Gasteiger charge is -2.37. The van der Waals surface area contributed by atoms with E-state index in [1.165, 1.54) is 107 Å². The molecular weight excluding hydrogens is 278 g/mol. The zero-order chi connectivity index (χ0) is 17.4. The molecule has 1 nitrogen and oxygen atoms in total. The summed E-state index contributed by atoms with van der Waals surface area (Å²) < 4.78 is 1.23. The van der Waals surface area contributed by atoms with E-state index >= 15 is 0 Å². The lowest BCUT2D eigenvalue weighted by molar-refractivity contribution is -0.914. The average Bonchev–Trinajstić information content (AvgIpc) is 2.55. The molecule has 0 N–H and O–H groups in total. The molecule has 0 saturated carbocycles. The summed E-state index contributed by atoms with van der Waals surface area (Å²) in [6.45, 7) is 8.24. The predicted octanol–water partition coefficient (Wildman–Crippen LogP) is 7.34. The van der Waals surface area contributed by atoms with Gasteiger partial charge < -0.3 is 4.48 Å². The van der Waals surface area contributed by atoms with Crippen LogP contribution in [0, 0.1) is 0 Å². The van der Waals surface area contributed by atoms with Gasteiger partial charge in [-0.25, -0.2) is 0 Å². The van der Waals surface area contributed by atoms with Crippen LogP contribution < -0.4 is 0 Å². The molecule has 0 bridgehead atoms. The highest BCUT2D eigenvalue weighted by atomic mass is 15.3. The molecule has 0 fully saturated rings. The summed E-state index contributed by atoms with van der Waals surface area (Å²) in [7, 11) is 4.89. The van der Waals surface area contributed by atoms with Crippen LogP contribution in [0.3, 0.4) is 0 Å². The van der Waals surface area contributed by atoms with Gasteiger partial charge in [-0.3, -0.25) is 0 Å². The van der Waals surface area contributed by atoms with Crippen molar-refractivity contribution < 1.29 is 4.48 Å². The molecule has 23 heavy (non-hydrogen) atoms. The maximum absolute atomic E-state index is 2.45. The highest BCUT2D eigenvalue weighted by molar-refractivity contribution is 4.61. The van der Waals surface area contributed by atoms with Gasteiger partial charge in [0, 0.05) is 0 Å². The molecule has 0 aromatic carbocycles. The molecule has 0 rings (SSSR count). The van der Waals surface area contributed by atoms with E-state index < -0.39 is 0 Å². The first-order valence-corrected chi connectivity index (χ1v) is 10.9. The summed E-state index contributed by atoms with van der Waals surface area (Å²) in [4.78, 5) is 0. The topological polar surface area (TPSA) is 0 Å². The van der Waals surface area contributed by atoms with Crippen molar-refractivity contribution in [1.82, 2.24) is 0 Å². The fourth-order valence-electron chi connectivity index (χ4n) is 3.60. The van der Waals surface area contributed by atoms with Gasteiger partial charge in [-0.05, 0) is 32.6 Å². The second-order valence-electron chi connectivity index (χ2n) is 8.22. The number of quaternary nitrogens is 1. The zero-order valence-corrected chi connectivity index (χ0v) is 17.3. The summed E-state index contributed by atoms with van der Waals surface area (Å²) in [6, 6.07) is 0.891. The summed E-state index contributed by atoms with van der Waals surface area (Å²) >= 11 is 0. The Labute approximate surface area is 148 Å². The van der Waals surface area contributed by atoms with E-state index in [0.29, 0.717) is 0 Å². The first-order chi connectivity index (χ1) is 11.1. The van der Waals surface area contributed by atoms with Crippen LogP contribution in [0.2, 0.25) is 0 Å². The molecular formula is C22H48N+. The van der Waals surface area contributed by atoms with Gasteiger partial charge in [0.05, 0.1) is 26.7 Å². The third-order valence-electron chi connectivity index (χ3n) is 5.84. The number of rotatable bonds is 17. The largest absolute Gasteiger partial charge is 0.326 e. The molecule has 1 unspecified atom stereocenters. The van der Waals surface area contributed by atoms with E-state index in [0.717, 1.165) is 6.04 Å². The van der Waals surface area contributed by atoms with Gasteiger partial charge in [0.2, 0.25) is 0 Å². The minimum atomic E-state index is 0.891. The number of hydrogen-bond donors (Lipinski definition) is 0. The Hall–Kier alpha value is -0.0400. The van der Waals surface area contributed by atoms with Crippen LogP contribution >= 0.6 is 0 Å². The van der Waals surface area contributed by atoms with Crippen LogP contribution in [0.25, 0.3) is 0 Å². The van der Waals surface area contributed by atoms with Crippen molar-refractivity contribution >= 4 is 0 Å². The molecule has 1 heteroatoms. The Morgan fingerprint density at radius 3 is 1.22 bits per heavy atom. The van der Waals surface area contributed by atoms with Crippen molar-refractivity contribution in [3.8, 4) is 0 Å². The molecule has 0 aliphatic rings. The Balaban J connectivity index is 3.88. The molecule has 0 aliphatic heterocycles. The van der Waals surface area contributed by atoms with Gasteiger partial charge in [-0.2, -0.15) is 0 Å². The first kappa shape index (κ1) is 23.0. The summed E-state index contributed by atoms with van der Waals surface area (Å²) in [5.74, 6) is 0. The van der Waals surface area contributed by atoms with Gasteiger partial charge in [0.1, 0.15) is 0 Å². The van der Waals surface area contributed by atoms with E-state index in [9.17, 15) is 0 Å². The van der Waals surface area contributed by atoms with E-state index in [-0.39, 0.29) is 0 Å². The van der Waals surface area contributed by atoms with Gasteiger partial charge in [0.25, 0.3) is 0 Å². The lowest BCUT2D eigenvalue weighted by Crippen LogP contribution is -2.48. The second-order valence-corrected chi connectivity index (χ2v) is 8.22. The summed E-state index contributed by atoms with van der Waals surface area (Å²) in [5.41, 5.74) is 0. The van der Waals surface area contributed by atoms with Gasteiger partial charge in [-0.15, -0.1) is 0 Å². The quantitative estimate of drug-likeness (QED) is 0.194. The Morgan fingerprint density at radius 2 is 0.870 bits per heavy atom. The predicted molar refractivity (Wildman–Crippen MR) is 107 cm³/mol. The Kier molecular flexibility index (Phi) is 15.5. The highest BCUT2D eigenvalue weighted by Gasteiger charge is 2.25. The van der Waals surface area contributed by atoms with E-state index in [1.807, 2.05) is 0 Å². The molecule has 0 amide bonds. The monoisotopic (exact) mass is 326 g/mol. The minimum absolute atomic E-state index is 0.891. The second kappa shape index (κ2) is 15.5. The van der Waals surface area contributed by atoms with Crippen molar-refractivity contribution in [2.45, 2.75) is 123 Å². The fourth-order valence-corrected chi connectivity index (χ4v) is 3.60. The van der Waals surface area contributed by atoms with Crippen molar-refractivity contribution in [2.24, 2.45) is 0 Å². The summed E-state index contributed by atoms with van der Waals surface area (Å²) in [6.07, 6.45) is 21.6.